The summed E-state index contributed by atoms with van der Waals surface area (Å²) in [6, 6.07) is 1.28. The van der Waals surface area contributed by atoms with Gasteiger partial charge in [-0.1, -0.05) is 11.6 Å². The lowest BCUT2D eigenvalue weighted by Gasteiger charge is -2.09. The zero-order valence-corrected chi connectivity index (χ0v) is 8.81. The Hall–Kier alpha value is -0.240. The molecule has 1 rings (SSSR count). The van der Waals surface area contributed by atoms with Gasteiger partial charge in [0, 0.05) is 0 Å². The summed E-state index contributed by atoms with van der Waals surface area (Å²) in [6.07, 6.45) is -3.77. The molecule has 0 fully saturated rings. The van der Waals surface area contributed by atoms with E-state index in [0.717, 1.165) is 6.20 Å². The maximum absolute atomic E-state index is 11.7. The quantitative estimate of drug-likeness (QED) is 0.585. The number of pyridine rings is 1. The van der Waals surface area contributed by atoms with E-state index in [2.05, 4.69) is 9.72 Å². The van der Waals surface area contributed by atoms with Crippen molar-refractivity contribution >= 4 is 34.2 Å². The Morgan fingerprint density at radius 1 is 1.46 bits per heavy atom. The molecule has 0 spiro atoms. The number of aromatic nitrogens is 1. The Balaban J connectivity index is 2.90. The molecule has 0 aliphatic heterocycles. The van der Waals surface area contributed by atoms with Crippen LogP contribution in [0.4, 0.5) is 13.2 Å². The first-order chi connectivity index (χ1) is 5.88. The van der Waals surface area contributed by atoms with E-state index in [1.807, 2.05) is 0 Å². The van der Waals surface area contributed by atoms with Gasteiger partial charge in [0.2, 0.25) is 0 Å². The van der Waals surface area contributed by atoms with Gasteiger partial charge in [0.25, 0.3) is 0 Å². The van der Waals surface area contributed by atoms with Crippen molar-refractivity contribution in [2.75, 3.05) is 0 Å². The van der Waals surface area contributed by atoms with E-state index in [1.165, 1.54) is 6.07 Å². The molecule has 0 unspecified atom stereocenters. The van der Waals surface area contributed by atoms with Gasteiger partial charge in [0.05, 0.1) is 9.77 Å². The van der Waals surface area contributed by atoms with Gasteiger partial charge in [-0.2, -0.15) is 0 Å². The molecule has 0 amide bonds. The third-order valence-corrected chi connectivity index (χ3v) is 2.06. The maximum atomic E-state index is 11.7. The normalized spacial score (nSPS) is 11.5. The van der Waals surface area contributed by atoms with Crippen molar-refractivity contribution in [3.63, 3.8) is 0 Å². The SMILES string of the molecule is FC(F)(F)Oc1cnc(Cl)cc1I. The topological polar surface area (TPSA) is 22.1 Å². The van der Waals surface area contributed by atoms with E-state index in [-0.39, 0.29) is 14.5 Å². The lowest BCUT2D eigenvalue weighted by Crippen LogP contribution is -2.17. The zero-order valence-electron chi connectivity index (χ0n) is 5.90. The van der Waals surface area contributed by atoms with Crippen LogP contribution in [0.1, 0.15) is 0 Å². The molecule has 0 saturated heterocycles. The number of halogens is 5. The summed E-state index contributed by atoms with van der Waals surface area (Å²) in [6.45, 7) is 0. The van der Waals surface area contributed by atoms with Crippen LogP contribution < -0.4 is 4.74 Å². The predicted octanol–water partition coefficient (Wildman–Crippen LogP) is 3.24. The van der Waals surface area contributed by atoms with Crippen molar-refractivity contribution in [2.45, 2.75) is 6.36 Å². The second-order valence-corrected chi connectivity index (χ2v) is 3.53. The highest BCUT2D eigenvalue weighted by Crippen LogP contribution is 2.27. The van der Waals surface area contributed by atoms with Crippen LogP contribution in [0.2, 0.25) is 5.15 Å². The maximum Gasteiger partial charge on any atom is 0.573 e. The summed E-state index contributed by atoms with van der Waals surface area (Å²) in [4.78, 5) is 3.46. The molecule has 0 N–H and O–H groups in total. The van der Waals surface area contributed by atoms with Crippen LogP contribution in [0.5, 0.6) is 5.75 Å². The van der Waals surface area contributed by atoms with E-state index < -0.39 is 6.36 Å². The first-order valence-corrected chi connectivity index (χ1v) is 4.41. The molecular weight excluding hydrogens is 321 g/mol. The molecule has 1 aromatic heterocycles. The Kier molecular flexibility index (Phi) is 3.23. The number of hydrogen-bond donors (Lipinski definition) is 0. The first-order valence-electron chi connectivity index (χ1n) is 2.95. The molecule has 0 bridgehead atoms. The van der Waals surface area contributed by atoms with Crippen LogP contribution in [-0.2, 0) is 0 Å². The molecule has 1 aromatic rings. The van der Waals surface area contributed by atoms with Gasteiger partial charge in [-0.15, -0.1) is 13.2 Å². The monoisotopic (exact) mass is 323 g/mol. The van der Waals surface area contributed by atoms with Crippen molar-refractivity contribution in [2.24, 2.45) is 0 Å². The van der Waals surface area contributed by atoms with Gasteiger partial charge in [-0.3, -0.25) is 0 Å². The standard InChI is InChI=1S/C6H2ClF3INO/c7-5-1-3(11)4(2-12-5)13-6(8,9)10/h1-2H. The third-order valence-electron chi connectivity index (χ3n) is 1.01. The molecule has 0 aliphatic carbocycles. The molecular formula is C6H2ClF3INO. The van der Waals surface area contributed by atoms with E-state index in [0.29, 0.717) is 0 Å². The lowest BCUT2D eigenvalue weighted by atomic mass is 10.5. The van der Waals surface area contributed by atoms with Crippen LogP contribution >= 0.6 is 34.2 Å². The number of rotatable bonds is 1. The smallest absolute Gasteiger partial charge is 0.403 e. The van der Waals surface area contributed by atoms with E-state index in [4.69, 9.17) is 11.6 Å². The van der Waals surface area contributed by atoms with Crippen molar-refractivity contribution < 1.29 is 17.9 Å². The molecule has 0 saturated carbocycles. The molecule has 13 heavy (non-hydrogen) atoms. The molecule has 7 heteroatoms. The third kappa shape index (κ3) is 3.55. The number of hydrogen-bond acceptors (Lipinski definition) is 2. The summed E-state index contributed by atoms with van der Waals surface area (Å²) in [7, 11) is 0. The molecule has 0 atom stereocenters. The molecule has 1 heterocycles. The van der Waals surface area contributed by atoms with Gasteiger partial charge in [-0.05, 0) is 28.7 Å². The van der Waals surface area contributed by atoms with Crippen molar-refractivity contribution in [1.29, 1.82) is 0 Å². The highest BCUT2D eigenvalue weighted by molar-refractivity contribution is 14.1. The van der Waals surface area contributed by atoms with Crippen molar-refractivity contribution in [3.8, 4) is 5.75 Å². The minimum atomic E-state index is -4.70. The van der Waals surface area contributed by atoms with E-state index in [9.17, 15) is 13.2 Å². The average molecular weight is 323 g/mol. The minimum absolute atomic E-state index is 0.124. The Morgan fingerprint density at radius 3 is 2.54 bits per heavy atom. The fourth-order valence-electron chi connectivity index (χ4n) is 0.595. The van der Waals surface area contributed by atoms with Crippen LogP contribution in [0.15, 0.2) is 12.3 Å². The molecule has 72 valence electrons. The molecule has 0 aromatic carbocycles. The Labute approximate surface area is 90.2 Å². The second kappa shape index (κ2) is 3.87. The average Bonchev–Trinajstić information content (AvgIpc) is 1.93. The van der Waals surface area contributed by atoms with Gasteiger partial charge in [-0.25, -0.2) is 4.98 Å². The van der Waals surface area contributed by atoms with Crippen LogP contribution in [0.25, 0.3) is 0 Å². The Morgan fingerprint density at radius 2 is 2.08 bits per heavy atom. The lowest BCUT2D eigenvalue weighted by molar-refractivity contribution is -0.275. The molecule has 0 radical (unpaired) electrons. The summed E-state index contributed by atoms with van der Waals surface area (Å²) in [5.41, 5.74) is 0. The van der Waals surface area contributed by atoms with Crippen LogP contribution in [0.3, 0.4) is 0 Å². The summed E-state index contributed by atoms with van der Waals surface area (Å²) < 4.78 is 39.1. The Bertz CT molecular complexity index is 317. The predicted molar refractivity (Wildman–Crippen MR) is 48.6 cm³/mol. The van der Waals surface area contributed by atoms with E-state index in [1.54, 1.807) is 22.6 Å². The zero-order chi connectivity index (χ0) is 10.1. The van der Waals surface area contributed by atoms with Crippen LogP contribution in [-0.4, -0.2) is 11.3 Å². The number of ether oxygens (including phenoxy) is 1. The summed E-state index contributed by atoms with van der Waals surface area (Å²) in [5, 5.41) is 0.124. The van der Waals surface area contributed by atoms with Gasteiger partial charge < -0.3 is 4.74 Å². The fourth-order valence-corrected chi connectivity index (χ4v) is 1.48. The van der Waals surface area contributed by atoms with Gasteiger partial charge in [0.1, 0.15) is 5.15 Å². The van der Waals surface area contributed by atoms with Gasteiger partial charge in [0.15, 0.2) is 5.75 Å². The summed E-state index contributed by atoms with van der Waals surface area (Å²) >= 11 is 7.11. The number of nitrogens with zero attached hydrogens (tertiary/aromatic N) is 1. The fraction of sp³-hybridized carbons (Fsp3) is 0.167. The largest absolute Gasteiger partial charge is 0.573 e. The van der Waals surface area contributed by atoms with Crippen molar-refractivity contribution in [3.05, 3.63) is 21.0 Å². The first kappa shape index (κ1) is 10.8. The highest BCUT2D eigenvalue weighted by Gasteiger charge is 2.32. The summed E-state index contributed by atoms with van der Waals surface area (Å²) in [5.74, 6) is -0.350. The van der Waals surface area contributed by atoms with Gasteiger partial charge >= 0.3 is 6.36 Å². The highest BCUT2D eigenvalue weighted by atomic mass is 127. The molecule has 2 nitrogen and oxygen atoms in total. The van der Waals surface area contributed by atoms with Crippen LogP contribution in [0, 0.1) is 3.57 Å². The number of alkyl halides is 3. The van der Waals surface area contributed by atoms with E-state index >= 15 is 0 Å². The van der Waals surface area contributed by atoms with Crippen molar-refractivity contribution in [1.82, 2.24) is 4.98 Å². The molecule has 0 aliphatic rings. The second-order valence-electron chi connectivity index (χ2n) is 1.99. The minimum Gasteiger partial charge on any atom is -0.403 e.